The number of nitrogens with zero attached hydrogens (tertiary/aromatic N) is 2. The third kappa shape index (κ3) is 3.83. The first-order valence-electron chi connectivity index (χ1n) is 5.16. The second kappa shape index (κ2) is 5.70. The summed E-state index contributed by atoms with van der Waals surface area (Å²) in [5, 5.41) is 3.36. The van der Waals surface area contributed by atoms with E-state index in [-0.39, 0.29) is 0 Å². The van der Waals surface area contributed by atoms with E-state index in [1.54, 1.807) is 12.4 Å². The van der Waals surface area contributed by atoms with Crippen molar-refractivity contribution in [1.29, 1.82) is 0 Å². The van der Waals surface area contributed by atoms with Crippen LogP contribution in [0.3, 0.4) is 0 Å². The van der Waals surface area contributed by atoms with Crippen molar-refractivity contribution < 1.29 is 0 Å². The van der Waals surface area contributed by atoms with Gasteiger partial charge in [0.15, 0.2) is 0 Å². The van der Waals surface area contributed by atoms with Crippen LogP contribution in [0.4, 0.5) is 0 Å². The SMILES string of the molecule is CC(C)C(C)CNCc1ncccn1. The first-order chi connectivity index (χ1) is 6.70. The van der Waals surface area contributed by atoms with Crippen molar-refractivity contribution >= 4 is 0 Å². The quantitative estimate of drug-likeness (QED) is 0.775. The fourth-order valence-corrected chi connectivity index (χ4v) is 1.07. The second-order valence-electron chi connectivity index (χ2n) is 4.02. The summed E-state index contributed by atoms with van der Waals surface area (Å²) in [6.07, 6.45) is 3.55. The first-order valence-corrected chi connectivity index (χ1v) is 5.16. The van der Waals surface area contributed by atoms with Gasteiger partial charge < -0.3 is 5.32 Å². The Balaban J connectivity index is 2.22. The Kier molecular flexibility index (Phi) is 4.53. The highest BCUT2D eigenvalue weighted by atomic mass is 15.0. The molecule has 1 aromatic rings. The average Bonchev–Trinajstić information content (AvgIpc) is 2.19. The van der Waals surface area contributed by atoms with Crippen LogP contribution >= 0.6 is 0 Å². The van der Waals surface area contributed by atoms with E-state index in [1.165, 1.54) is 0 Å². The van der Waals surface area contributed by atoms with Gasteiger partial charge in [0.25, 0.3) is 0 Å². The van der Waals surface area contributed by atoms with Crippen molar-refractivity contribution in [2.75, 3.05) is 6.54 Å². The zero-order valence-electron chi connectivity index (χ0n) is 9.20. The van der Waals surface area contributed by atoms with E-state index in [4.69, 9.17) is 0 Å². The van der Waals surface area contributed by atoms with Gasteiger partial charge in [0.05, 0.1) is 6.54 Å². The van der Waals surface area contributed by atoms with E-state index in [9.17, 15) is 0 Å². The summed E-state index contributed by atoms with van der Waals surface area (Å²) in [5.74, 6) is 2.28. The molecule has 0 spiro atoms. The molecule has 0 fully saturated rings. The van der Waals surface area contributed by atoms with Crippen molar-refractivity contribution in [3.05, 3.63) is 24.3 Å². The lowest BCUT2D eigenvalue weighted by molar-refractivity contribution is 0.390. The lowest BCUT2D eigenvalue weighted by Gasteiger charge is -2.15. The molecule has 0 radical (unpaired) electrons. The number of nitrogens with one attached hydrogen (secondary N) is 1. The molecule has 0 amide bonds. The van der Waals surface area contributed by atoms with Crippen LogP contribution in [0.2, 0.25) is 0 Å². The predicted molar refractivity (Wildman–Crippen MR) is 57.7 cm³/mol. The van der Waals surface area contributed by atoms with Gasteiger partial charge in [-0.05, 0) is 24.4 Å². The summed E-state index contributed by atoms with van der Waals surface area (Å²) in [4.78, 5) is 8.29. The highest BCUT2D eigenvalue weighted by Gasteiger charge is 2.05. The molecular weight excluding hydrogens is 174 g/mol. The molecule has 0 aliphatic heterocycles. The Labute approximate surface area is 86.0 Å². The molecule has 1 heterocycles. The molecule has 1 unspecified atom stereocenters. The van der Waals surface area contributed by atoms with Gasteiger partial charge in [-0.1, -0.05) is 20.8 Å². The highest BCUT2D eigenvalue weighted by Crippen LogP contribution is 2.07. The maximum Gasteiger partial charge on any atom is 0.141 e. The van der Waals surface area contributed by atoms with E-state index in [1.807, 2.05) is 6.07 Å². The van der Waals surface area contributed by atoms with Gasteiger partial charge in [0.1, 0.15) is 5.82 Å². The molecule has 1 N–H and O–H groups in total. The highest BCUT2D eigenvalue weighted by molar-refractivity contribution is 4.87. The van der Waals surface area contributed by atoms with Gasteiger partial charge in [0, 0.05) is 12.4 Å². The van der Waals surface area contributed by atoms with Crippen molar-refractivity contribution in [3.63, 3.8) is 0 Å². The largest absolute Gasteiger partial charge is 0.310 e. The van der Waals surface area contributed by atoms with Crippen molar-refractivity contribution in [2.45, 2.75) is 27.3 Å². The van der Waals surface area contributed by atoms with Gasteiger partial charge in [-0.15, -0.1) is 0 Å². The van der Waals surface area contributed by atoms with Crippen LogP contribution in [0.25, 0.3) is 0 Å². The molecule has 78 valence electrons. The maximum atomic E-state index is 4.15. The molecule has 0 saturated heterocycles. The summed E-state index contributed by atoms with van der Waals surface area (Å²) < 4.78 is 0. The van der Waals surface area contributed by atoms with E-state index in [2.05, 4.69) is 36.1 Å². The fraction of sp³-hybridized carbons (Fsp3) is 0.636. The zero-order valence-corrected chi connectivity index (χ0v) is 9.20. The molecule has 0 aromatic carbocycles. The minimum Gasteiger partial charge on any atom is -0.310 e. The normalized spacial score (nSPS) is 13.1. The minimum atomic E-state index is 0.693. The van der Waals surface area contributed by atoms with E-state index in [0.29, 0.717) is 5.92 Å². The molecular formula is C11H19N3. The Morgan fingerprint density at radius 1 is 1.21 bits per heavy atom. The van der Waals surface area contributed by atoms with Gasteiger partial charge in [-0.2, -0.15) is 0 Å². The van der Waals surface area contributed by atoms with Crippen molar-refractivity contribution in [3.8, 4) is 0 Å². The van der Waals surface area contributed by atoms with Crippen LogP contribution in [0.1, 0.15) is 26.6 Å². The smallest absolute Gasteiger partial charge is 0.141 e. The van der Waals surface area contributed by atoms with Gasteiger partial charge in [0.2, 0.25) is 0 Å². The first kappa shape index (κ1) is 11.1. The van der Waals surface area contributed by atoms with Gasteiger partial charge in [-0.3, -0.25) is 0 Å². The van der Waals surface area contributed by atoms with Crippen LogP contribution in [0, 0.1) is 11.8 Å². The van der Waals surface area contributed by atoms with E-state index >= 15 is 0 Å². The monoisotopic (exact) mass is 193 g/mol. The molecule has 0 saturated carbocycles. The fourth-order valence-electron chi connectivity index (χ4n) is 1.07. The van der Waals surface area contributed by atoms with Crippen molar-refractivity contribution in [1.82, 2.24) is 15.3 Å². The third-order valence-corrected chi connectivity index (χ3v) is 2.51. The molecule has 1 aromatic heterocycles. The standard InChI is InChI=1S/C11H19N3/c1-9(2)10(3)7-12-8-11-13-5-4-6-14-11/h4-6,9-10,12H,7-8H2,1-3H3. The van der Waals surface area contributed by atoms with Crippen LogP contribution in [-0.2, 0) is 6.54 Å². The van der Waals surface area contributed by atoms with Crippen molar-refractivity contribution in [2.24, 2.45) is 11.8 Å². The van der Waals surface area contributed by atoms with E-state index < -0.39 is 0 Å². The Morgan fingerprint density at radius 2 is 1.86 bits per heavy atom. The molecule has 14 heavy (non-hydrogen) atoms. The number of hydrogen-bond acceptors (Lipinski definition) is 3. The Morgan fingerprint density at radius 3 is 2.43 bits per heavy atom. The van der Waals surface area contributed by atoms with Crippen LogP contribution in [0.15, 0.2) is 18.5 Å². The van der Waals surface area contributed by atoms with Crippen LogP contribution in [0.5, 0.6) is 0 Å². The van der Waals surface area contributed by atoms with E-state index in [0.717, 1.165) is 24.8 Å². The van der Waals surface area contributed by atoms with Gasteiger partial charge in [-0.25, -0.2) is 9.97 Å². The summed E-state index contributed by atoms with van der Waals surface area (Å²) in [7, 11) is 0. The number of hydrogen-bond donors (Lipinski definition) is 1. The second-order valence-corrected chi connectivity index (χ2v) is 4.02. The number of aromatic nitrogens is 2. The minimum absolute atomic E-state index is 0.693. The average molecular weight is 193 g/mol. The summed E-state index contributed by atoms with van der Waals surface area (Å²) in [6, 6.07) is 1.83. The maximum absolute atomic E-state index is 4.15. The molecule has 3 nitrogen and oxygen atoms in total. The molecule has 3 heteroatoms. The molecule has 0 bridgehead atoms. The van der Waals surface area contributed by atoms with Crippen LogP contribution in [-0.4, -0.2) is 16.5 Å². The molecule has 0 aliphatic carbocycles. The lowest BCUT2D eigenvalue weighted by atomic mass is 9.98. The summed E-state index contributed by atoms with van der Waals surface area (Å²) in [5.41, 5.74) is 0. The summed E-state index contributed by atoms with van der Waals surface area (Å²) in [6.45, 7) is 8.52. The van der Waals surface area contributed by atoms with Gasteiger partial charge >= 0.3 is 0 Å². The topological polar surface area (TPSA) is 37.8 Å². The molecule has 1 rings (SSSR count). The lowest BCUT2D eigenvalue weighted by Crippen LogP contribution is -2.24. The predicted octanol–water partition coefficient (Wildman–Crippen LogP) is 1.86. The summed E-state index contributed by atoms with van der Waals surface area (Å²) >= 11 is 0. The molecule has 1 atom stereocenters. The Bertz CT molecular complexity index is 246. The van der Waals surface area contributed by atoms with Crippen LogP contribution < -0.4 is 5.32 Å². The zero-order chi connectivity index (χ0) is 10.4. The Hall–Kier alpha value is -0.960. The molecule has 0 aliphatic rings. The number of rotatable bonds is 5. The third-order valence-electron chi connectivity index (χ3n) is 2.51.